The van der Waals surface area contributed by atoms with E-state index in [4.69, 9.17) is 15.6 Å². The number of carbonyl (C=O) groups excluding carboxylic acids is 1. The third-order valence-electron chi connectivity index (χ3n) is 2.84. The SMILES string of the molecule is NC(=O)c1ccc(COc2ccccc2C(=O)O)c(F)c1. The molecule has 1 amide bonds. The number of carbonyl (C=O) groups is 2. The summed E-state index contributed by atoms with van der Waals surface area (Å²) in [7, 11) is 0. The Labute approximate surface area is 119 Å². The van der Waals surface area contributed by atoms with Crippen molar-refractivity contribution in [3.05, 3.63) is 65.0 Å². The molecule has 2 aromatic carbocycles. The van der Waals surface area contributed by atoms with Gasteiger partial charge in [0.2, 0.25) is 5.91 Å². The fourth-order valence-corrected chi connectivity index (χ4v) is 1.74. The van der Waals surface area contributed by atoms with E-state index in [0.717, 1.165) is 6.07 Å². The summed E-state index contributed by atoms with van der Waals surface area (Å²) < 4.78 is 19.1. The lowest BCUT2D eigenvalue weighted by Gasteiger charge is -2.10. The van der Waals surface area contributed by atoms with Crippen molar-refractivity contribution in [3.63, 3.8) is 0 Å². The molecule has 0 heterocycles. The van der Waals surface area contributed by atoms with Crippen LogP contribution >= 0.6 is 0 Å². The number of para-hydroxylation sites is 1. The van der Waals surface area contributed by atoms with Crippen LogP contribution in [0.4, 0.5) is 4.39 Å². The molecule has 0 saturated heterocycles. The van der Waals surface area contributed by atoms with Crippen LogP contribution in [0.5, 0.6) is 5.75 Å². The Hall–Kier alpha value is -2.89. The van der Waals surface area contributed by atoms with E-state index in [-0.39, 0.29) is 29.0 Å². The number of rotatable bonds is 5. The average molecular weight is 289 g/mol. The molecular weight excluding hydrogens is 277 g/mol. The summed E-state index contributed by atoms with van der Waals surface area (Å²) in [6.45, 7) is -0.158. The highest BCUT2D eigenvalue weighted by Crippen LogP contribution is 2.20. The number of halogens is 1. The second-order valence-corrected chi connectivity index (χ2v) is 4.26. The fraction of sp³-hybridized carbons (Fsp3) is 0.0667. The largest absolute Gasteiger partial charge is 0.488 e. The van der Waals surface area contributed by atoms with Crippen molar-refractivity contribution in [2.75, 3.05) is 0 Å². The smallest absolute Gasteiger partial charge is 0.339 e. The summed E-state index contributed by atoms with van der Waals surface area (Å²) >= 11 is 0. The Kier molecular flexibility index (Phi) is 4.18. The first kappa shape index (κ1) is 14.5. The normalized spacial score (nSPS) is 10.1. The lowest BCUT2D eigenvalue weighted by molar-refractivity contribution is 0.0691. The zero-order valence-corrected chi connectivity index (χ0v) is 10.9. The number of benzene rings is 2. The number of ether oxygens (including phenoxy) is 1. The molecule has 0 aliphatic heterocycles. The van der Waals surface area contributed by atoms with Crippen LogP contribution in [0.15, 0.2) is 42.5 Å². The summed E-state index contributed by atoms with van der Waals surface area (Å²) in [4.78, 5) is 21.9. The van der Waals surface area contributed by atoms with Gasteiger partial charge in [-0.15, -0.1) is 0 Å². The van der Waals surface area contributed by atoms with Crippen LogP contribution in [0.2, 0.25) is 0 Å². The molecule has 2 rings (SSSR count). The highest BCUT2D eigenvalue weighted by atomic mass is 19.1. The Balaban J connectivity index is 2.17. The standard InChI is InChI=1S/C15H12FNO4/c16-12-7-9(14(17)18)5-6-10(12)8-21-13-4-2-1-3-11(13)15(19)20/h1-7H,8H2,(H2,17,18)(H,19,20). The number of aromatic carboxylic acids is 1. The lowest BCUT2D eigenvalue weighted by Crippen LogP contribution is -2.12. The maximum atomic E-state index is 13.8. The van der Waals surface area contributed by atoms with Crippen molar-refractivity contribution >= 4 is 11.9 Å². The van der Waals surface area contributed by atoms with Gasteiger partial charge in [0.1, 0.15) is 23.7 Å². The van der Waals surface area contributed by atoms with Crippen molar-refractivity contribution in [2.45, 2.75) is 6.61 Å². The first-order valence-corrected chi connectivity index (χ1v) is 6.02. The van der Waals surface area contributed by atoms with Gasteiger partial charge in [0.15, 0.2) is 0 Å². The van der Waals surface area contributed by atoms with Crippen molar-refractivity contribution in [1.82, 2.24) is 0 Å². The quantitative estimate of drug-likeness (QED) is 0.883. The van der Waals surface area contributed by atoms with Crippen molar-refractivity contribution in [2.24, 2.45) is 5.73 Å². The second kappa shape index (κ2) is 6.04. The number of hydrogen-bond donors (Lipinski definition) is 2. The molecule has 0 bridgehead atoms. The highest BCUT2D eigenvalue weighted by molar-refractivity contribution is 5.92. The van der Waals surface area contributed by atoms with E-state index in [9.17, 15) is 14.0 Å². The predicted molar refractivity (Wildman–Crippen MR) is 72.7 cm³/mol. The van der Waals surface area contributed by atoms with E-state index in [0.29, 0.717) is 0 Å². The molecule has 21 heavy (non-hydrogen) atoms. The van der Waals surface area contributed by atoms with Crippen LogP contribution < -0.4 is 10.5 Å². The topological polar surface area (TPSA) is 89.6 Å². The van der Waals surface area contributed by atoms with Crippen molar-refractivity contribution in [1.29, 1.82) is 0 Å². The highest BCUT2D eigenvalue weighted by Gasteiger charge is 2.12. The van der Waals surface area contributed by atoms with Crippen LogP contribution in [-0.2, 0) is 6.61 Å². The van der Waals surface area contributed by atoms with Crippen LogP contribution in [0.1, 0.15) is 26.3 Å². The Morgan fingerprint density at radius 1 is 1.19 bits per heavy atom. The number of hydrogen-bond acceptors (Lipinski definition) is 3. The predicted octanol–water partition coefficient (Wildman–Crippen LogP) is 2.20. The molecule has 3 N–H and O–H groups in total. The molecular formula is C15H12FNO4. The van der Waals surface area contributed by atoms with E-state index in [1.54, 1.807) is 12.1 Å². The molecule has 0 saturated carbocycles. The lowest BCUT2D eigenvalue weighted by atomic mass is 10.1. The van der Waals surface area contributed by atoms with Gasteiger partial charge in [0, 0.05) is 11.1 Å². The molecule has 0 fully saturated rings. The summed E-state index contributed by atoms with van der Waals surface area (Å²) in [6, 6.07) is 9.84. The van der Waals surface area contributed by atoms with Crippen molar-refractivity contribution < 1.29 is 23.8 Å². The first-order chi connectivity index (χ1) is 9.99. The third kappa shape index (κ3) is 3.36. The molecule has 0 radical (unpaired) electrons. The van der Waals surface area contributed by atoms with Gasteiger partial charge < -0.3 is 15.6 Å². The number of carboxylic acids is 1. The Morgan fingerprint density at radius 2 is 1.90 bits per heavy atom. The van der Waals surface area contributed by atoms with Gasteiger partial charge in [-0.3, -0.25) is 4.79 Å². The van der Waals surface area contributed by atoms with E-state index < -0.39 is 17.7 Å². The van der Waals surface area contributed by atoms with Crippen molar-refractivity contribution in [3.8, 4) is 5.75 Å². The van der Waals surface area contributed by atoms with E-state index in [1.807, 2.05) is 0 Å². The zero-order chi connectivity index (χ0) is 15.4. The van der Waals surface area contributed by atoms with Crippen LogP contribution in [-0.4, -0.2) is 17.0 Å². The van der Waals surface area contributed by atoms with Crippen LogP contribution in [0.3, 0.4) is 0 Å². The molecule has 5 nitrogen and oxygen atoms in total. The minimum atomic E-state index is -1.13. The molecule has 6 heteroatoms. The molecule has 108 valence electrons. The fourth-order valence-electron chi connectivity index (χ4n) is 1.74. The van der Waals surface area contributed by atoms with E-state index in [2.05, 4.69) is 0 Å². The minimum Gasteiger partial charge on any atom is -0.488 e. The molecule has 0 aliphatic carbocycles. The Bertz CT molecular complexity index is 700. The summed E-state index contributed by atoms with van der Waals surface area (Å²) in [6.07, 6.45) is 0. The molecule has 0 aromatic heterocycles. The van der Waals surface area contributed by atoms with Gasteiger partial charge in [0.05, 0.1) is 0 Å². The molecule has 0 unspecified atom stereocenters. The van der Waals surface area contributed by atoms with Crippen LogP contribution in [0.25, 0.3) is 0 Å². The maximum absolute atomic E-state index is 13.8. The monoisotopic (exact) mass is 289 g/mol. The molecule has 0 atom stereocenters. The van der Waals surface area contributed by atoms with Gasteiger partial charge >= 0.3 is 5.97 Å². The third-order valence-corrected chi connectivity index (χ3v) is 2.84. The van der Waals surface area contributed by atoms with Gasteiger partial charge in [-0.2, -0.15) is 0 Å². The van der Waals surface area contributed by atoms with E-state index in [1.165, 1.54) is 24.3 Å². The number of carboxylic acid groups (broad SMARTS) is 1. The minimum absolute atomic E-state index is 0.00772. The van der Waals surface area contributed by atoms with E-state index >= 15 is 0 Å². The van der Waals surface area contributed by atoms with Crippen LogP contribution in [0, 0.1) is 5.82 Å². The van der Waals surface area contributed by atoms with Gasteiger partial charge in [0.25, 0.3) is 0 Å². The number of nitrogens with two attached hydrogens (primary N) is 1. The summed E-state index contributed by atoms with van der Waals surface area (Å²) in [5.74, 6) is -2.35. The summed E-state index contributed by atoms with van der Waals surface area (Å²) in [5.41, 5.74) is 5.29. The van der Waals surface area contributed by atoms with Gasteiger partial charge in [-0.1, -0.05) is 18.2 Å². The Morgan fingerprint density at radius 3 is 2.52 bits per heavy atom. The second-order valence-electron chi connectivity index (χ2n) is 4.26. The molecule has 2 aromatic rings. The zero-order valence-electron chi connectivity index (χ0n) is 10.9. The number of amides is 1. The number of primary amides is 1. The molecule has 0 spiro atoms. The first-order valence-electron chi connectivity index (χ1n) is 6.02. The maximum Gasteiger partial charge on any atom is 0.339 e. The van der Waals surface area contributed by atoms with Gasteiger partial charge in [-0.05, 0) is 24.3 Å². The summed E-state index contributed by atoms with van der Waals surface area (Å²) in [5, 5.41) is 9.01. The average Bonchev–Trinajstić information content (AvgIpc) is 2.46. The molecule has 0 aliphatic rings. The van der Waals surface area contributed by atoms with Gasteiger partial charge in [-0.25, -0.2) is 9.18 Å².